The van der Waals surface area contributed by atoms with Crippen LogP contribution in [0.3, 0.4) is 0 Å². The second kappa shape index (κ2) is 10.5. The fraction of sp³-hybridized carbons (Fsp3) is 0.440. The number of methoxy groups -OCH3 is 1. The van der Waals surface area contributed by atoms with Crippen molar-refractivity contribution in [3.8, 4) is 17.3 Å². The lowest BCUT2D eigenvalue weighted by Crippen LogP contribution is -2.29. The Morgan fingerprint density at radius 1 is 1.31 bits per heavy atom. The van der Waals surface area contributed by atoms with Crippen molar-refractivity contribution in [3.63, 3.8) is 0 Å². The van der Waals surface area contributed by atoms with Gasteiger partial charge >= 0.3 is 5.69 Å². The Balaban J connectivity index is 1.78. The number of nitrogens with one attached hydrogen (secondary N) is 1. The fourth-order valence-electron chi connectivity index (χ4n) is 4.33. The van der Waals surface area contributed by atoms with Gasteiger partial charge in [-0.15, -0.1) is 5.10 Å². The summed E-state index contributed by atoms with van der Waals surface area (Å²) in [6.07, 6.45) is 3.68. The molecule has 1 atom stereocenters. The number of anilines is 1. The number of rotatable bonds is 8. The number of carbonyl (C=O) groups is 1. The van der Waals surface area contributed by atoms with E-state index in [-0.39, 0.29) is 29.0 Å². The van der Waals surface area contributed by atoms with E-state index in [9.17, 15) is 9.59 Å². The van der Waals surface area contributed by atoms with Crippen molar-refractivity contribution >= 4 is 11.6 Å². The Bertz CT molecular complexity index is 1330. The van der Waals surface area contributed by atoms with Crippen LogP contribution in [0.5, 0.6) is 11.6 Å². The molecule has 0 spiro atoms. The Hall–Kier alpha value is -3.73. The Kier molecular flexibility index (Phi) is 7.39. The smallest absolute Gasteiger partial charge is 0.350 e. The zero-order valence-electron chi connectivity index (χ0n) is 21.2. The average molecular weight is 499 g/mol. The minimum Gasteiger partial charge on any atom is -0.488 e. The molecule has 1 N–H and O–H groups in total. The first-order chi connectivity index (χ1) is 17.2. The van der Waals surface area contributed by atoms with E-state index in [1.165, 1.54) is 13.2 Å². The molecule has 1 aliphatic heterocycles. The molecule has 0 fully saturated rings. The number of amides is 1. The molecule has 0 radical (unpaired) electrons. The van der Waals surface area contributed by atoms with Gasteiger partial charge in [0.2, 0.25) is 5.88 Å². The Morgan fingerprint density at radius 2 is 2.08 bits per heavy atom. The first-order valence-corrected chi connectivity index (χ1v) is 11.8. The van der Waals surface area contributed by atoms with Crippen molar-refractivity contribution in [3.05, 3.63) is 57.6 Å². The van der Waals surface area contributed by atoms with Crippen LogP contribution in [0.15, 0.2) is 29.2 Å². The molecule has 3 aromatic rings. The average Bonchev–Trinajstić information content (AvgIpc) is 3.17. The molecule has 4 rings (SSSR count). The second-order valence-electron chi connectivity index (χ2n) is 9.18. The maximum atomic E-state index is 15.4. The zero-order valence-corrected chi connectivity index (χ0v) is 21.2. The van der Waals surface area contributed by atoms with E-state index in [0.29, 0.717) is 31.0 Å². The Morgan fingerprint density at radius 3 is 2.78 bits per heavy atom. The standard InChI is InChI=1S/C25H31FN6O4/c1-15-9-10-27-24(35-5)22(15)28-23(33)17-12-18(26)19(13-20(17)36-16(2)14-30(3)4)32-25(34)31-11-7-6-8-21(31)29-32/h9-10,12-13,16H,6-8,11,14H2,1-5H3,(H,28,33)/t16-/m0/s1. The molecule has 0 aliphatic carbocycles. The molecule has 36 heavy (non-hydrogen) atoms. The topological polar surface area (TPSA) is 104 Å². The number of likely N-dealkylation sites (N-methyl/N-ethyl adjacent to an activating group) is 1. The number of hydrogen-bond acceptors (Lipinski definition) is 7. The summed E-state index contributed by atoms with van der Waals surface area (Å²) in [4.78, 5) is 32.4. The van der Waals surface area contributed by atoms with Gasteiger partial charge in [0.15, 0.2) is 0 Å². The molecule has 0 bridgehead atoms. The van der Waals surface area contributed by atoms with Gasteiger partial charge in [-0.05, 0) is 58.5 Å². The number of aromatic nitrogens is 4. The molecule has 3 heterocycles. The maximum absolute atomic E-state index is 15.4. The third-order valence-corrected chi connectivity index (χ3v) is 6.00. The van der Waals surface area contributed by atoms with E-state index >= 15 is 4.39 Å². The molecule has 0 saturated carbocycles. The fourth-order valence-corrected chi connectivity index (χ4v) is 4.33. The van der Waals surface area contributed by atoms with Gasteiger partial charge in [-0.2, -0.15) is 4.68 Å². The second-order valence-corrected chi connectivity index (χ2v) is 9.18. The third-order valence-electron chi connectivity index (χ3n) is 6.00. The van der Waals surface area contributed by atoms with Crippen LogP contribution >= 0.6 is 0 Å². The predicted octanol–water partition coefficient (Wildman–Crippen LogP) is 2.80. The zero-order chi connectivity index (χ0) is 26.0. The molecule has 2 aromatic heterocycles. The highest BCUT2D eigenvalue weighted by Crippen LogP contribution is 2.30. The van der Waals surface area contributed by atoms with Gasteiger partial charge < -0.3 is 19.7 Å². The third kappa shape index (κ3) is 5.11. The van der Waals surface area contributed by atoms with Crippen molar-refractivity contribution < 1.29 is 18.7 Å². The predicted molar refractivity (Wildman–Crippen MR) is 133 cm³/mol. The number of halogens is 1. The molecule has 1 aromatic carbocycles. The summed E-state index contributed by atoms with van der Waals surface area (Å²) >= 11 is 0. The number of hydrogen-bond donors (Lipinski definition) is 1. The van der Waals surface area contributed by atoms with Crippen LogP contribution in [0.2, 0.25) is 0 Å². The van der Waals surface area contributed by atoms with Crippen LogP contribution in [0.4, 0.5) is 10.1 Å². The van der Waals surface area contributed by atoms with Crippen molar-refractivity contribution in [2.75, 3.05) is 33.1 Å². The minimum absolute atomic E-state index is 0.0239. The van der Waals surface area contributed by atoms with Crippen LogP contribution in [0, 0.1) is 12.7 Å². The van der Waals surface area contributed by atoms with Gasteiger partial charge in [-0.1, -0.05) is 0 Å². The number of nitrogens with zero attached hydrogens (tertiary/aromatic N) is 5. The van der Waals surface area contributed by atoms with Gasteiger partial charge in [-0.3, -0.25) is 9.36 Å². The normalized spacial score (nSPS) is 13.9. The lowest BCUT2D eigenvalue weighted by Gasteiger charge is -2.21. The lowest BCUT2D eigenvalue weighted by atomic mass is 10.1. The SMILES string of the molecule is COc1nccc(C)c1NC(=O)c1cc(F)c(-n2nc3n(c2=O)CCCC3)cc1O[C@@H](C)CN(C)C. The molecule has 192 valence electrons. The maximum Gasteiger partial charge on any atom is 0.350 e. The highest BCUT2D eigenvalue weighted by molar-refractivity contribution is 6.07. The summed E-state index contributed by atoms with van der Waals surface area (Å²) in [7, 11) is 5.25. The monoisotopic (exact) mass is 498 g/mol. The van der Waals surface area contributed by atoms with Gasteiger partial charge in [-0.25, -0.2) is 14.2 Å². The molecular weight excluding hydrogens is 467 g/mol. The number of benzene rings is 1. The largest absolute Gasteiger partial charge is 0.488 e. The van der Waals surface area contributed by atoms with E-state index in [2.05, 4.69) is 15.4 Å². The van der Waals surface area contributed by atoms with E-state index in [0.717, 1.165) is 29.2 Å². The highest BCUT2D eigenvalue weighted by Gasteiger charge is 2.25. The van der Waals surface area contributed by atoms with E-state index in [4.69, 9.17) is 9.47 Å². The molecule has 1 amide bonds. The summed E-state index contributed by atoms with van der Waals surface area (Å²) < 4.78 is 29.4. The molecule has 11 heteroatoms. The highest BCUT2D eigenvalue weighted by atomic mass is 19.1. The number of aryl methyl sites for hydroxylation is 2. The summed E-state index contributed by atoms with van der Waals surface area (Å²) in [5, 5.41) is 7.13. The van der Waals surface area contributed by atoms with Gasteiger partial charge in [0.1, 0.15) is 34.9 Å². The first-order valence-electron chi connectivity index (χ1n) is 11.8. The summed E-state index contributed by atoms with van der Waals surface area (Å²) in [6, 6.07) is 4.17. The van der Waals surface area contributed by atoms with Crippen LogP contribution in [-0.2, 0) is 13.0 Å². The van der Waals surface area contributed by atoms with Crippen LogP contribution in [-0.4, -0.2) is 64.0 Å². The van der Waals surface area contributed by atoms with Crippen LogP contribution in [0.1, 0.15) is 41.5 Å². The summed E-state index contributed by atoms with van der Waals surface area (Å²) in [5.74, 6) is -0.371. The molecule has 0 unspecified atom stereocenters. The Labute approximate surface area is 208 Å². The number of ether oxygens (including phenoxy) is 2. The number of carbonyl (C=O) groups excluding carboxylic acids is 1. The lowest BCUT2D eigenvalue weighted by molar-refractivity contribution is 0.101. The van der Waals surface area contributed by atoms with Gasteiger partial charge in [0.25, 0.3) is 5.91 Å². The van der Waals surface area contributed by atoms with Crippen molar-refractivity contribution in [1.29, 1.82) is 0 Å². The van der Waals surface area contributed by atoms with Crippen molar-refractivity contribution in [2.24, 2.45) is 0 Å². The van der Waals surface area contributed by atoms with Gasteiger partial charge in [0, 0.05) is 31.8 Å². The first kappa shape index (κ1) is 25.4. The molecule has 10 nitrogen and oxygen atoms in total. The minimum atomic E-state index is -0.764. The van der Waals surface area contributed by atoms with E-state index in [1.807, 2.05) is 25.9 Å². The summed E-state index contributed by atoms with van der Waals surface area (Å²) in [5.41, 5.74) is 0.597. The van der Waals surface area contributed by atoms with Crippen molar-refractivity contribution in [2.45, 2.75) is 45.8 Å². The van der Waals surface area contributed by atoms with Crippen LogP contribution in [0.25, 0.3) is 5.69 Å². The van der Waals surface area contributed by atoms with Crippen molar-refractivity contribution in [1.82, 2.24) is 24.2 Å². The van der Waals surface area contributed by atoms with E-state index < -0.39 is 17.4 Å². The quantitative estimate of drug-likeness (QED) is 0.509. The summed E-state index contributed by atoms with van der Waals surface area (Å²) in [6.45, 7) is 4.75. The van der Waals surface area contributed by atoms with Crippen LogP contribution < -0.4 is 20.5 Å². The molecule has 0 saturated heterocycles. The number of pyridine rings is 1. The van der Waals surface area contributed by atoms with E-state index in [1.54, 1.807) is 23.8 Å². The number of fused-ring (bicyclic) bond motifs is 1. The van der Waals surface area contributed by atoms with Gasteiger partial charge in [0.05, 0.1) is 12.7 Å². The molecular formula is C25H31FN6O4. The molecule has 1 aliphatic rings.